The summed E-state index contributed by atoms with van der Waals surface area (Å²) in [6.07, 6.45) is -0.950. The molecule has 0 amide bonds. The third kappa shape index (κ3) is 3.30. The summed E-state index contributed by atoms with van der Waals surface area (Å²) in [4.78, 5) is 0. The van der Waals surface area contributed by atoms with Crippen molar-refractivity contribution in [3.8, 4) is 5.75 Å². The van der Waals surface area contributed by atoms with Gasteiger partial charge in [-0.1, -0.05) is 35.9 Å². The van der Waals surface area contributed by atoms with Gasteiger partial charge in [0, 0.05) is 5.56 Å². The van der Waals surface area contributed by atoms with Gasteiger partial charge in [0.1, 0.15) is 17.7 Å². The summed E-state index contributed by atoms with van der Waals surface area (Å²) >= 11 is 5.90. The summed E-state index contributed by atoms with van der Waals surface area (Å²) in [5.41, 5.74) is 0.948. The topological polar surface area (TPSA) is 29.5 Å². The molecule has 0 aliphatic carbocycles. The molecule has 0 fully saturated rings. The van der Waals surface area contributed by atoms with Crippen molar-refractivity contribution in [2.45, 2.75) is 26.1 Å². The quantitative estimate of drug-likeness (QED) is 0.908. The lowest BCUT2D eigenvalue weighted by molar-refractivity contribution is 0.216. The molecule has 0 saturated heterocycles. The van der Waals surface area contributed by atoms with Gasteiger partial charge in [-0.3, -0.25) is 0 Å². The van der Waals surface area contributed by atoms with E-state index in [2.05, 4.69) is 0 Å². The van der Waals surface area contributed by atoms with E-state index in [1.54, 1.807) is 24.3 Å². The number of ether oxygens (including phenoxy) is 1. The first kappa shape index (κ1) is 14.8. The normalized spacial score (nSPS) is 12.5. The Morgan fingerprint density at radius 2 is 1.85 bits per heavy atom. The number of aliphatic hydroxyl groups is 1. The van der Waals surface area contributed by atoms with Gasteiger partial charge in [-0.15, -0.1) is 0 Å². The van der Waals surface area contributed by atoms with Gasteiger partial charge in [-0.2, -0.15) is 0 Å². The van der Waals surface area contributed by atoms with Gasteiger partial charge in [0.15, 0.2) is 0 Å². The van der Waals surface area contributed by atoms with Crippen LogP contribution in [0.4, 0.5) is 4.39 Å². The van der Waals surface area contributed by atoms with E-state index in [4.69, 9.17) is 16.3 Å². The molecular weight excluding hydrogens is 279 g/mol. The predicted octanol–water partition coefficient (Wildman–Crippen LogP) is 4.35. The molecule has 0 radical (unpaired) electrons. The maximum atomic E-state index is 13.4. The second-order valence-electron chi connectivity index (χ2n) is 4.78. The van der Waals surface area contributed by atoms with Crippen LogP contribution in [0.15, 0.2) is 42.5 Å². The third-order valence-corrected chi connectivity index (χ3v) is 3.22. The highest BCUT2D eigenvalue weighted by atomic mass is 35.5. The van der Waals surface area contributed by atoms with Crippen molar-refractivity contribution in [3.05, 3.63) is 64.4 Å². The first-order valence-corrected chi connectivity index (χ1v) is 6.75. The minimum atomic E-state index is -0.992. The molecule has 2 nitrogen and oxygen atoms in total. The Kier molecular flexibility index (Phi) is 4.63. The summed E-state index contributed by atoms with van der Waals surface area (Å²) in [6.45, 7) is 3.85. The molecule has 1 atom stereocenters. The van der Waals surface area contributed by atoms with Gasteiger partial charge in [0.05, 0.1) is 11.1 Å². The second kappa shape index (κ2) is 6.25. The molecule has 1 N–H and O–H groups in total. The lowest BCUT2D eigenvalue weighted by atomic mass is 10.0. The third-order valence-electron chi connectivity index (χ3n) is 2.82. The Balaban J connectivity index is 2.33. The molecule has 1 unspecified atom stereocenters. The van der Waals surface area contributed by atoms with Crippen molar-refractivity contribution in [3.63, 3.8) is 0 Å². The number of benzene rings is 2. The van der Waals surface area contributed by atoms with Crippen LogP contribution < -0.4 is 4.74 Å². The van der Waals surface area contributed by atoms with Gasteiger partial charge >= 0.3 is 0 Å². The van der Waals surface area contributed by atoms with E-state index < -0.39 is 11.9 Å². The number of hydrogen-bond donors (Lipinski definition) is 1. The van der Waals surface area contributed by atoms with Crippen LogP contribution in [0.3, 0.4) is 0 Å². The fraction of sp³-hybridized carbons (Fsp3) is 0.250. The van der Waals surface area contributed by atoms with E-state index in [0.29, 0.717) is 16.9 Å². The van der Waals surface area contributed by atoms with Crippen molar-refractivity contribution in [2.75, 3.05) is 0 Å². The largest absolute Gasteiger partial charge is 0.491 e. The summed E-state index contributed by atoms with van der Waals surface area (Å²) in [6, 6.07) is 11.5. The maximum Gasteiger partial charge on any atom is 0.142 e. The van der Waals surface area contributed by atoms with Crippen molar-refractivity contribution >= 4 is 11.6 Å². The van der Waals surface area contributed by atoms with Crippen LogP contribution in [-0.2, 0) is 0 Å². The smallest absolute Gasteiger partial charge is 0.142 e. The van der Waals surface area contributed by atoms with Crippen LogP contribution in [0.1, 0.15) is 31.1 Å². The molecule has 2 rings (SSSR count). The predicted molar refractivity (Wildman–Crippen MR) is 77.7 cm³/mol. The summed E-state index contributed by atoms with van der Waals surface area (Å²) < 4.78 is 19.0. The molecule has 0 heterocycles. The van der Waals surface area contributed by atoms with Gasteiger partial charge in [0.25, 0.3) is 0 Å². The zero-order chi connectivity index (χ0) is 14.7. The van der Waals surface area contributed by atoms with Gasteiger partial charge in [-0.25, -0.2) is 4.39 Å². The van der Waals surface area contributed by atoms with Crippen LogP contribution in [0.5, 0.6) is 5.75 Å². The lowest BCUT2D eigenvalue weighted by Crippen LogP contribution is -2.07. The van der Waals surface area contributed by atoms with E-state index in [1.807, 2.05) is 19.9 Å². The standard InChI is InChI=1S/C16H16ClFO2/c1-10(2)20-12-6-3-5-11(9-12)16(19)13-7-4-8-14(18)15(13)17/h3-10,16,19H,1-2H3. The number of rotatable bonds is 4. The first-order chi connectivity index (χ1) is 9.49. The highest BCUT2D eigenvalue weighted by Gasteiger charge is 2.16. The van der Waals surface area contributed by atoms with Crippen molar-refractivity contribution in [2.24, 2.45) is 0 Å². The lowest BCUT2D eigenvalue weighted by Gasteiger charge is -2.16. The molecule has 0 bridgehead atoms. The summed E-state index contributed by atoms with van der Waals surface area (Å²) in [5.74, 6) is 0.113. The summed E-state index contributed by atoms with van der Waals surface area (Å²) in [7, 11) is 0. The van der Waals surface area contributed by atoms with Crippen LogP contribution in [0.2, 0.25) is 5.02 Å². The van der Waals surface area contributed by atoms with E-state index in [-0.39, 0.29) is 11.1 Å². The van der Waals surface area contributed by atoms with Gasteiger partial charge in [-0.05, 0) is 37.6 Å². The molecule has 2 aromatic rings. The van der Waals surface area contributed by atoms with E-state index >= 15 is 0 Å². The Hall–Kier alpha value is -1.58. The molecule has 2 aromatic carbocycles. The molecule has 0 saturated carbocycles. The van der Waals surface area contributed by atoms with E-state index in [1.165, 1.54) is 12.1 Å². The number of hydrogen-bond acceptors (Lipinski definition) is 2. The molecule has 4 heteroatoms. The van der Waals surface area contributed by atoms with Crippen molar-refractivity contribution in [1.29, 1.82) is 0 Å². The average Bonchev–Trinajstić information content (AvgIpc) is 2.41. The molecule has 106 valence electrons. The summed E-state index contributed by atoms with van der Waals surface area (Å²) in [5, 5.41) is 10.3. The maximum absolute atomic E-state index is 13.4. The highest BCUT2D eigenvalue weighted by molar-refractivity contribution is 6.31. The van der Waals surface area contributed by atoms with Crippen molar-refractivity contribution in [1.82, 2.24) is 0 Å². The Bertz CT molecular complexity index is 599. The number of halogens is 2. The zero-order valence-corrected chi connectivity index (χ0v) is 12.1. The van der Waals surface area contributed by atoms with Gasteiger partial charge < -0.3 is 9.84 Å². The van der Waals surface area contributed by atoms with E-state index in [0.717, 1.165) is 0 Å². The minimum absolute atomic E-state index is 0.0418. The average molecular weight is 295 g/mol. The molecule has 20 heavy (non-hydrogen) atoms. The Morgan fingerprint density at radius 1 is 1.15 bits per heavy atom. The zero-order valence-electron chi connectivity index (χ0n) is 11.3. The van der Waals surface area contributed by atoms with Crippen LogP contribution >= 0.6 is 11.6 Å². The molecule has 0 spiro atoms. The fourth-order valence-electron chi connectivity index (χ4n) is 1.94. The SMILES string of the molecule is CC(C)Oc1cccc(C(O)c2cccc(F)c2Cl)c1. The van der Waals surface area contributed by atoms with Crippen LogP contribution in [0.25, 0.3) is 0 Å². The molecule has 0 aromatic heterocycles. The molecule has 0 aliphatic rings. The first-order valence-electron chi connectivity index (χ1n) is 6.37. The molecular formula is C16H16ClFO2. The fourth-order valence-corrected chi connectivity index (χ4v) is 2.17. The Labute approximate surface area is 122 Å². The molecule has 0 aliphatic heterocycles. The van der Waals surface area contributed by atoms with Gasteiger partial charge in [0.2, 0.25) is 0 Å². The van der Waals surface area contributed by atoms with Crippen LogP contribution in [0, 0.1) is 5.82 Å². The monoisotopic (exact) mass is 294 g/mol. The second-order valence-corrected chi connectivity index (χ2v) is 5.16. The van der Waals surface area contributed by atoms with Crippen molar-refractivity contribution < 1.29 is 14.2 Å². The number of aliphatic hydroxyl groups excluding tert-OH is 1. The Morgan fingerprint density at radius 3 is 2.55 bits per heavy atom. The van der Waals surface area contributed by atoms with Crippen LogP contribution in [-0.4, -0.2) is 11.2 Å². The minimum Gasteiger partial charge on any atom is -0.491 e. The van der Waals surface area contributed by atoms with E-state index in [9.17, 15) is 9.50 Å². The highest BCUT2D eigenvalue weighted by Crippen LogP contribution is 2.31.